The molecule has 298 valence electrons. The van der Waals surface area contributed by atoms with Gasteiger partial charge < -0.3 is 28.1 Å². The molecule has 0 heterocycles. The van der Waals surface area contributed by atoms with Crippen LogP contribution in [-0.4, -0.2) is 26.2 Å². The van der Waals surface area contributed by atoms with Crippen molar-refractivity contribution in [2.45, 2.75) is 41.5 Å². The third-order valence-corrected chi connectivity index (χ3v) is 15.9. The molecule has 0 amide bonds. The van der Waals surface area contributed by atoms with Crippen LogP contribution in [0.3, 0.4) is 0 Å². The molecule has 58 heavy (non-hydrogen) atoms. The van der Waals surface area contributed by atoms with Gasteiger partial charge in [0.05, 0.1) is 35.7 Å². The fourth-order valence-corrected chi connectivity index (χ4v) is 12.5. The van der Waals surface area contributed by atoms with Crippen LogP contribution in [0.5, 0.6) is 23.0 Å². The van der Waals surface area contributed by atoms with Crippen molar-refractivity contribution in [3.8, 4) is 34.1 Å². The standard InChI is InChI=1S/C48H48O8P2/c1-47(2,3)45(49)55-39-31-29-37(53-7)41(43(39)57(51,33-21-13-9-14-22-33)34-23-15-10-16-24-34)42-38(54-8)30-32-40(56-46(50)48(4,5)6)44(42)58(52,35-25-17-11-18-26-35)36-27-19-12-20-28-36/h9-32H,1-8H3. The van der Waals surface area contributed by atoms with Crippen molar-refractivity contribution < 1.29 is 37.7 Å². The lowest BCUT2D eigenvalue weighted by atomic mass is 9.97. The Labute approximate surface area is 340 Å². The predicted molar refractivity (Wildman–Crippen MR) is 234 cm³/mol. The highest BCUT2D eigenvalue weighted by molar-refractivity contribution is 7.86. The summed E-state index contributed by atoms with van der Waals surface area (Å²) >= 11 is 0. The Hall–Kier alpha value is -5.68. The minimum absolute atomic E-state index is 0.00566. The van der Waals surface area contributed by atoms with E-state index >= 15 is 9.13 Å². The highest BCUT2D eigenvalue weighted by Crippen LogP contribution is 2.56. The zero-order chi connectivity index (χ0) is 41.9. The summed E-state index contributed by atoms with van der Waals surface area (Å²) in [5.74, 6) is -0.709. The second-order valence-electron chi connectivity index (χ2n) is 15.8. The Morgan fingerprint density at radius 2 is 0.638 bits per heavy atom. The number of methoxy groups -OCH3 is 2. The van der Waals surface area contributed by atoms with Gasteiger partial charge >= 0.3 is 11.9 Å². The summed E-state index contributed by atoms with van der Waals surface area (Å²) in [7, 11) is -5.23. The summed E-state index contributed by atoms with van der Waals surface area (Å²) in [6.45, 7) is 10.4. The zero-order valence-electron chi connectivity index (χ0n) is 34.0. The maximum absolute atomic E-state index is 16.8. The maximum atomic E-state index is 16.8. The molecule has 0 saturated heterocycles. The van der Waals surface area contributed by atoms with Crippen LogP contribution in [0.1, 0.15) is 41.5 Å². The lowest BCUT2D eigenvalue weighted by Gasteiger charge is -2.31. The van der Waals surface area contributed by atoms with Crippen molar-refractivity contribution in [3.63, 3.8) is 0 Å². The molecule has 0 atom stereocenters. The summed E-state index contributed by atoms with van der Waals surface area (Å²) in [5, 5.41) is 1.97. The molecule has 0 saturated carbocycles. The molecule has 0 N–H and O–H groups in total. The molecule has 6 aromatic rings. The fraction of sp³-hybridized carbons (Fsp3) is 0.208. The van der Waals surface area contributed by atoms with Gasteiger partial charge in [-0.1, -0.05) is 121 Å². The molecule has 0 aliphatic carbocycles. The molecule has 0 fully saturated rings. The number of ether oxygens (including phenoxy) is 4. The van der Waals surface area contributed by atoms with Crippen molar-refractivity contribution in [1.29, 1.82) is 0 Å². The minimum atomic E-state index is -4.09. The second kappa shape index (κ2) is 16.7. The first-order valence-electron chi connectivity index (χ1n) is 18.9. The molecule has 6 aromatic carbocycles. The zero-order valence-corrected chi connectivity index (χ0v) is 35.8. The lowest BCUT2D eigenvalue weighted by Crippen LogP contribution is -2.34. The van der Waals surface area contributed by atoms with E-state index in [4.69, 9.17) is 18.9 Å². The Balaban J connectivity index is 1.92. The smallest absolute Gasteiger partial charge is 0.316 e. The van der Waals surface area contributed by atoms with E-state index in [1.165, 1.54) is 14.2 Å². The highest BCUT2D eigenvalue weighted by atomic mass is 31.2. The summed E-state index contributed by atoms with van der Waals surface area (Å²) < 4.78 is 58.5. The number of esters is 2. The van der Waals surface area contributed by atoms with Crippen LogP contribution in [-0.2, 0) is 18.7 Å². The molecule has 0 bridgehead atoms. The average molecular weight is 815 g/mol. The van der Waals surface area contributed by atoms with Gasteiger partial charge in [0.15, 0.2) is 14.3 Å². The number of benzene rings is 6. The van der Waals surface area contributed by atoms with Crippen molar-refractivity contribution >= 4 is 58.0 Å². The van der Waals surface area contributed by atoms with Gasteiger partial charge in [-0.05, 0) is 65.8 Å². The van der Waals surface area contributed by atoms with E-state index in [0.717, 1.165) is 0 Å². The van der Waals surface area contributed by atoms with E-state index in [-0.39, 0.29) is 44.7 Å². The van der Waals surface area contributed by atoms with Crippen LogP contribution < -0.4 is 50.8 Å². The molecule has 0 aliphatic rings. The number of carbonyl (C=O) groups excluding carboxylic acids is 2. The van der Waals surface area contributed by atoms with E-state index in [1.807, 2.05) is 24.3 Å². The predicted octanol–water partition coefficient (Wildman–Crippen LogP) is 8.55. The second-order valence-corrected chi connectivity index (χ2v) is 21.2. The quantitative estimate of drug-likeness (QED) is 0.0729. The molecule has 0 aromatic heterocycles. The monoisotopic (exact) mass is 814 g/mol. The van der Waals surface area contributed by atoms with E-state index in [2.05, 4.69) is 0 Å². The lowest BCUT2D eigenvalue weighted by molar-refractivity contribution is -0.143. The van der Waals surface area contributed by atoms with Gasteiger partial charge in [0.1, 0.15) is 23.0 Å². The maximum Gasteiger partial charge on any atom is 0.316 e. The Morgan fingerprint density at radius 3 is 0.862 bits per heavy atom. The number of hydrogen-bond donors (Lipinski definition) is 0. The van der Waals surface area contributed by atoms with Crippen LogP contribution in [0.2, 0.25) is 0 Å². The summed E-state index contributed by atoms with van der Waals surface area (Å²) in [6.07, 6.45) is 0. The Kier molecular flexibility index (Phi) is 12.0. The average Bonchev–Trinajstić information content (AvgIpc) is 3.23. The van der Waals surface area contributed by atoms with Crippen LogP contribution in [0.4, 0.5) is 0 Å². The molecule has 6 rings (SSSR count). The number of rotatable bonds is 11. The van der Waals surface area contributed by atoms with Gasteiger partial charge in [0, 0.05) is 32.3 Å². The van der Waals surface area contributed by atoms with E-state index in [0.29, 0.717) is 21.2 Å². The van der Waals surface area contributed by atoms with Gasteiger partial charge in [-0.2, -0.15) is 0 Å². The first-order chi connectivity index (χ1) is 27.6. The Bertz CT molecular complexity index is 2260. The normalized spacial score (nSPS) is 12.1. The number of carbonyl (C=O) groups is 2. The SMILES string of the molecule is COc1ccc(OC(=O)C(C)(C)C)c(P(=O)(c2ccccc2)c2ccccc2)c1-c1c(OC)ccc(OC(=O)C(C)(C)C)c1P(=O)(c1ccccc1)c1ccccc1. The minimum Gasteiger partial charge on any atom is -0.496 e. The molecular formula is C48H48O8P2. The van der Waals surface area contributed by atoms with E-state index in [9.17, 15) is 9.59 Å². The summed E-state index contributed by atoms with van der Waals surface area (Å²) in [4.78, 5) is 27.8. The third kappa shape index (κ3) is 7.92. The van der Waals surface area contributed by atoms with Gasteiger partial charge in [-0.15, -0.1) is 0 Å². The molecule has 0 aliphatic heterocycles. The molecule has 0 unspecified atom stereocenters. The van der Waals surface area contributed by atoms with Crippen LogP contribution in [0.25, 0.3) is 11.1 Å². The Morgan fingerprint density at radius 1 is 0.397 bits per heavy atom. The molecule has 0 radical (unpaired) electrons. The van der Waals surface area contributed by atoms with Gasteiger partial charge in [0.25, 0.3) is 0 Å². The molecule has 8 nitrogen and oxygen atoms in total. The topological polar surface area (TPSA) is 105 Å². The third-order valence-electron chi connectivity index (χ3n) is 9.63. The highest BCUT2D eigenvalue weighted by Gasteiger charge is 2.44. The van der Waals surface area contributed by atoms with E-state index < -0.39 is 37.1 Å². The fourth-order valence-electron chi connectivity index (χ4n) is 6.59. The van der Waals surface area contributed by atoms with Gasteiger partial charge in [-0.25, -0.2) is 0 Å². The number of hydrogen-bond acceptors (Lipinski definition) is 8. The van der Waals surface area contributed by atoms with Crippen molar-refractivity contribution in [1.82, 2.24) is 0 Å². The summed E-state index contributed by atoms with van der Waals surface area (Å²) in [6, 6.07) is 42.2. The van der Waals surface area contributed by atoms with Crippen molar-refractivity contribution in [2.75, 3.05) is 14.2 Å². The van der Waals surface area contributed by atoms with Crippen LogP contribution in [0.15, 0.2) is 146 Å². The summed E-state index contributed by atoms with van der Waals surface area (Å²) in [5.41, 5.74) is -1.54. The largest absolute Gasteiger partial charge is 0.496 e. The van der Waals surface area contributed by atoms with Gasteiger partial charge in [-0.3, -0.25) is 9.59 Å². The molecule has 0 spiro atoms. The van der Waals surface area contributed by atoms with Gasteiger partial charge in [0.2, 0.25) is 0 Å². The van der Waals surface area contributed by atoms with Crippen molar-refractivity contribution in [2.24, 2.45) is 10.8 Å². The van der Waals surface area contributed by atoms with Crippen molar-refractivity contribution in [3.05, 3.63) is 146 Å². The first kappa shape index (κ1) is 41.9. The van der Waals surface area contributed by atoms with Crippen LogP contribution in [0, 0.1) is 10.8 Å². The molecular weight excluding hydrogens is 766 g/mol. The first-order valence-corrected chi connectivity index (χ1v) is 22.3. The molecule has 10 heteroatoms. The van der Waals surface area contributed by atoms with E-state index in [1.54, 1.807) is 163 Å². The van der Waals surface area contributed by atoms with Crippen LogP contribution >= 0.6 is 14.3 Å².